The van der Waals surface area contributed by atoms with Crippen molar-refractivity contribution in [2.75, 3.05) is 37.4 Å². The first kappa shape index (κ1) is 20.3. The number of thiazole rings is 1. The van der Waals surface area contributed by atoms with Crippen molar-refractivity contribution in [1.82, 2.24) is 9.88 Å². The van der Waals surface area contributed by atoms with Gasteiger partial charge in [0.05, 0.1) is 22.6 Å². The van der Waals surface area contributed by atoms with Crippen LogP contribution in [-0.2, 0) is 16.0 Å². The zero-order chi connectivity index (χ0) is 21.1. The van der Waals surface area contributed by atoms with Crippen molar-refractivity contribution in [2.45, 2.75) is 19.3 Å². The van der Waals surface area contributed by atoms with E-state index in [1.807, 2.05) is 42.5 Å². The summed E-state index contributed by atoms with van der Waals surface area (Å²) in [5, 5.41) is 4.03. The summed E-state index contributed by atoms with van der Waals surface area (Å²) in [6, 6.07) is 15.7. The Kier molecular flexibility index (Phi) is 5.99. The number of anilines is 2. The van der Waals surface area contributed by atoms with Gasteiger partial charge in [-0.2, -0.15) is 0 Å². The Hall–Kier alpha value is -2.93. The zero-order valence-corrected chi connectivity index (χ0v) is 18.1. The molecule has 4 rings (SSSR count). The van der Waals surface area contributed by atoms with E-state index in [9.17, 15) is 9.59 Å². The van der Waals surface area contributed by atoms with Crippen LogP contribution in [0.5, 0.6) is 0 Å². The molecule has 2 heterocycles. The topological polar surface area (TPSA) is 65.5 Å². The quantitative estimate of drug-likeness (QED) is 0.680. The van der Waals surface area contributed by atoms with Crippen LogP contribution in [0.3, 0.4) is 0 Å². The Morgan fingerprint density at radius 1 is 1.17 bits per heavy atom. The second kappa shape index (κ2) is 8.83. The molecule has 0 saturated carbocycles. The van der Waals surface area contributed by atoms with Crippen LogP contribution < -0.4 is 10.2 Å². The molecule has 156 valence electrons. The molecule has 3 aromatic rings. The molecule has 1 aliphatic rings. The number of piperidine rings is 1. The Morgan fingerprint density at radius 3 is 2.67 bits per heavy atom. The number of likely N-dealkylation sites (N-methyl/N-ethyl adjacent to an activating group) is 1. The number of fused-ring (bicyclic) bond motifs is 1. The lowest BCUT2D eigenvalue weighted by Gasteiger charge is -2.31. The van der Waals surface area contributed by atoms with Crippen molar-refractivity contribution in [1.29, 1.82) is 0 Å². The maximum atomic E-state index is 12.9. The van der Waals surface area contributed by atoms with Crippen molar-refractivity contribution < 1.29 is 9.59 Å². The van der Waals surface area contributed by atoms with E-state index in [2.05, 4.69) is 16.3 Å². The highest BCUT2D eigenvalue weighted by molar-refractivity contribution is 7.22. The summed E-state index contributed by atoms with van der Waals surface area (Å²) >= 11 is 1.68. The van der Waals surface area contributed by atoms with E-state index in [0.717, 1.165) is 41.3 Å². The number of hydrogen-bond acceptors (Lipinski definition) is 5. The normalized spacial score (nSPS) is 16.5. The third-order valence-electron chi connectivity index (χ3n) is 5.42. The van der Waals surface area contributed by atoms with Crippen molar-refractivity contribution in [3.05, 3.63) is 54.1 Å². The number of carbonyl (C=O) groups is 2. The lowest BCUT2D eigenvalue weighted by Crippen LogP contribution is -2.40. The summed E-state index contributed by atoms with van der Waals surface area (Å²) in [7, 11) is 3.50. The van der Waals surface area contributed by atoms with Crippen LogP contribution in [0.15, 0.2) is 48.5 Å². The lowest BCUT2D eigenvalue weighted by atomic mass is 9.97. The second-order valence-corrected chi connectivity index (χ2v) is 8.91. The smallest absolute Gasteiger partial charge is 0.229 e. The molecule has 1 atom stereocenters. The highest BCUT2D eigenvalue weighted by atomic mass is 32.1. The fourth-order valence-corrected chi connectivity index (χ4v) is 4.64. The number of para-hydroxylation sites is 1. The zero-order valence-electron chi connectivity index (χ0n) is 17.3. The average Bonchev–Trinajstić information content (AvgIpc) is 3.19. The van der Waals surface area contributed by atoms with Gasteiger partial charge in [-0.15, -0.1) is 0 Å². The minimum Gasteiger partial charge on any atom is -0.349 e. The monoisotopic (exact) mass is 422 g/mol. The first-order valence-corrected chi connectivity index (χ1v) is 11.0. The van der Waals surface area contributed by atoms with Crippen LogP contribution in [0.2, 0.25) is 0 Å². The van der Waals surface area contributed by atoms with Gasteiger partial charge in [0.2, 0.25) is 11.8 Å². The van der Waals surface area contributed by atoms with Gasteiger partial charge in [0.25, 0.3) is 0 Å². The molecule has 0 spiro atoms. The van der Waals surface area contributed by atoms with Gasteiger partial charge in [-0.25, -0.2) is 4.98 Å². The van der Waals surface area contributed by atoms with Gasteiger partial charge in [-0.1, -0.05) is 35.6 Å². The molecule has 1 aliphatic heterocycles. The highest BCUT2D eigenvalue weighted by Gasteiger charge is 2.27. The Morgan fingerprint density at radius 2 is 1.93 bits per heavy atom. The van der Waals surface area contributed by atoms with Gasteiger partial charge in [0.1, 0.15) is 0 Å². The maximum Gasteiger partial charge on any atom is 0.229 e. The Bertz CT molecular complexity index is 1010. The summed E-state index contributed by atoms with van der Waals surface area (Å²) < 4.78 is 1.17. The van der Waals surface area contributed by atoms with Crippen molar-refractivity contribution >= 4 is 44.2 Å². The molecule has 1 aromatic heterocycles. The van der Waals surface area contributed by atoms with Crippen LogP contribution in [0.1, 0.15) is 18.4 Å². The summed E-state index contributed by atoms with van der Waals surface area (Å²) in [4.78, 5) is 33.2. The van der Waals surface area contributed by atoms with Crippen molar-refractivity contribution in [3.63, 3.8) is 0 Å². The predicted molar refractivity (Wildman–Crippen MR) is 122 cm³/mol. The molecular formula is C23H26N4O2S. The van der Waals surface area contributed by atoms with E-state index in [1.54, 1.807) is 30.3 Å². The van der Waals surface area contributed by atoms with E-state index in [1.165, 1.54) is 4.70 Å². The number of nitrogens with one attached hydrogen (secondary N) is 1. The van der Waals surface area contributed by atoms with E-state index >= 15 is 0 Å². The van der Waals surface area contributed by atoms with E-state index in [4.69, 9.17) is 4.98 Å². The molecular weight excluding hydrogens is 396 g/mol. The summed E-state index contributed by atoms with van der Waals surface area (Å²) in [6.45, 7) is 1.61. The van der Waals surface area contributed by atoms with Crippen LogP contribution >= 0.6 is 11.3 Å². The first-order valence-electron chi connectivity index (χ1n) is 10.2. The minimum atomic E-state index is -0.0687. The summed E-state index contributed by atoms with van der Waals surface area (Å²) in [5.41, 5.74) is 2.71. The van der Waals surface area contributed by atoms with Gasteiger partial charge in [0, 0.05) is 32.9 Å². The fourth-order valence-electron chi connectivity index (χ4n) is 3.64. The van der Waals surface area contributed by atoms with Gasteiger partial charge >= 0.3 is 0 Å². The molecule has 0 radical (unpaired) electrons. The van der Waals surface area contributed by atoms with Crippen LogP contribution in [0.4, 0.5) is 10.8 Å². The number of amides is 2. The second-order valence-electron chi connectivity index (χ2n) is 7.90. The third-order valence-corrected chi connectivity index (χ3v) is 6.52. The number of rotatable bonds is 5. The molecule has 1 fully saturated rings. The molecule has 2 amide bonds. The van der Waals surface area contributed by atoms with E-state index < -0.39 is 0 Å². The number of carbonyl (C=O) groups excluding carboxylic acids is 2. The van der Waals surface area contributed by atoms with Gasteiger partial charge in [0.15, 0.2) is 5.13 Å². The molecule has 1 N–H and O–H groups in total. The van der Waals surface area contributed by atoms with Gasteiger partial charge in [-0.05, 0) is 42.7 Å². The molecule has 7 heteroatoms. The third kappa shape index (κ3) is 4.62. The van der Waals surface area contributed by atoms with Crippen LogP contribution in [0.25, 0.3) is 10.2 Å². The number of benzene rings is 2. The Labute approximate surface area is 180 Å². The number of aromatic nitrogens is 1. The van der Waals surface area contributed by atoms with Gasteiger partial charge < -0.3 is 15.1 Å². The highest BCUT2D eigenvalue weighted by Crippen LogP contribution is 2.31. The lowest BCUT2D eigenvalue weighted by molar-refractivity contribution is -0.128. The molecule has 0 bridgehead atoms. The molecule has 2 aromatic carbocycles. The standard InChI is InChI=1S/C23H26N4O2S/c1-26(2)21(28)14-16-9-11-18(12-10-16)24-22(29)17-6-5-13-27(15-17)23-25-19-7-3-4-8-20(19)30-23/h3-4,7-12,17H,5-6,13-15H2,1-2H3,(H,24,29). The molecule has 0 aliphatic carbocycles. The molecule has 1 unspecified atom stereocenters. The maximum absolute atomic E-state index is 12.9. The first-order chi connectivity index (χ1) is 14.5. The fraction of sp³-hybridized carbons (Fsp3) is 0.348. The minimum absolute atomic E-state index is 0.0397. The number of nitrogens with zero attached hydrogens (tertiary/aromatic N) is 3. The van der Waals surface area contributed by atoms with Crippen LogP contribution in [-0.4, -0.2) is 48.9 Å². The van der Waals surface area contributed by atoms with E-state index in [0.29, 0.717) is 13.0 Å². The van der Waals surface area contributed by atoms with Crippen molar-refractivity contribution in [3.8, 4) is 0 Å². The van der Waals surface area contributed by atoms with E-state index in [-0.39, 0.29) is 17.7 Å². The average molecular weight is 423 g/mol. The van der Waals surface area contributed by atoms with Crippen molar-refractivity contribution in [2.24, 2.45) is 5.92 Å². The predicted octanol–water partition coefficient (Wildman–Crippen LogP) is 3.78. The summed E-state index contributed by atoms with van der Waals surface area (Å²) in [5.74, 6) is 0.0302. The largest absolute Gasteiger partial charge is 0.349 e. The van der Waals surface area contributed by atoms with Crippen LogP contribution in [0, 0.1) is 5.92 Å². The summed E-state index contributed by atoms with van der Waals surface area (Å²) in [6.07, 6.45) is 2.21. The number of hydrogen-bond donors (Lipinski definition) is 1. The van der Waals surface area contributed by atoms with Gasteiger partial charge in [-0.3, -0.25) is 9.59 Å². The SMILES string of the molecule is CN(C)C(=O)Cc1ccc(NC(=O)C2CCCN(c3nc4ccccc4s3)C2)cc1. The molecule has 30 heavy (non-hydrogen) atoms. The molecule has 6 nitrogen and oxygen atoms in total. The Balaban J connectivity index is 1.38. The molecule has 1 saturated heterocycles.